The van der Waals surface area contributed by atoms with Crippen LogP contribution < -0.4 is 11.1 Å². The fourth-order valence-corrected chi connectivity index (χ4v) is 1.79. The summed E-state index contributed by atoms with van der Waals surface area (Å²) in [6.07, 6.45) is -0.180. The smallest absolute Gasteiger partial charge is 0.326 e. The number of carboxylic acid groups (broad SMARTS) is 1. The average molecular weight is 273 g/mol. The number of nitrogens with zero attached hydrogens (tertiary/aromatic N) is 1. The Balaban J connectivity index is 2.50. The van der Waals surface area contributed by atoms with E-state index in [9.17, 15) is 14.4 Å². The van der Waals surface area contributed by atoms with Crippen molar-refractivity contribution in [1.29, 1.82) is 0 Å². The Morgan fingerprint density at radius 2 is 2.21 bits per heavy atom. The normalized spacial score (nSPS) is 20.7. The van der Waals surface area contributed by atoms with Crippen LogP contribution in [0.5, 0.6) is 0 Å². The third kappa shape index (κ3) is 5.12. The molecule has 1 fully saturated rings. The van der Waals surface area contributed by atoms with Crippen molar-refractivity contribution in [3.63, 3.8) is 0 Å². The summed E-state index contributed by atoms with van der Waals surface area (Å²) in [5.41, 5.74) is 4.96. The predicted molar refractivity (Wildman–Crippen MR) is 65.4 cm³/mol. The molecule has 8 nitrogen and oxygen atoms in total. The van der Waals surface area contributed by atoms with E-state index in [0.717, 1.165) is 0 Å². The largest absolute Gasteiger partial charge is 0.480 e. The van der Waals surface area contributed by atoms with E-state index < -0.39 is 23.9 Å². The number of nitrogens with two attached hydrogens (primary N) is 1. The standard InChI is InChI=1S/C11H19N3O5/c1-7-6-14(4-5-19-7)11(18)13-8(10(16)17)2-3-9(12)15/h7-8H,2-6H2,1H3,(H2,12,15)(H,13,18)(H,16,17)/t7?,8-/m0/s1. The van der Waals surface area contributed by atoms with E-state index in [1.807, 2.05) is 6.92 Å². The maximum Gasteiger partial charge on any atom is 0.326 e. The number of amides is 3. The van der Waals surface area contributed by atoms with Crippen molar-refractivity contribution in [3.05, 3.63) is 0 Å². The molecule has 4 N–H and O–H groups in total. The summed E-state index contributed by atoms with van der Waals surface area (Å²) < 4.78 is 5.29. The molecule has 0 bridgehead atoms. The lowest BCUT2D eigenvalue weighted by molar-refractivity contribution is -0.139. The van der Waals surface area contributed by atoms with Crippen LogP contribution in [-0.4, -0.2) is 59.8 Å². The first-order valence-electron chi connectivity index (χ1n) is 6.08. The molecular formula is C11H19N3O5. The van der Waals surface area contributed by atoms with Crippen LogP contribution in [0.2, 0.25) is 0 Å². The van der Waals surface area contributed by atoms with Gasteiger partial charge in [-0.2, -0.15) is 0 Å². The molecule has 0 aliphatic carbocycles. The molecule has 0 aromatic heterocycles. The fourth-order valence-electron chi connectivity index (χ4n) is 1.79. The molecule has 0 spiro atoms. The number of urea groups is 1. The molecule has 3 amide bonds. The van der Waals surface area contributed by atoms with E-state index >= 15 is 0 Å². The Labute approximate surface area is 110 Å². The number of primary amides is 1. The minimum Gasteiger partial charge on any atom is -0.480 e. The van der Waals surface area contributed by atoms with E-state index in [0.29, 0.717) is 19.7 Å². The number of hydrogen-bond acceptors (Lipinski definition) is 4. The lowest BCUT2D eigenvalue weighted by atomic mass is 10.1. The zero-order valence-electron chi connectivity index (χ0n) is 10.8. The summed E-state index contributed by atoms with van der Waals surface area (Å²) in [5, 5.41) is 11.4. The molecule has 19 heavy (non-hydrogen) atoms. The number of carbonyl (C=O) groups excluding carboxylic acids is 2. The van der Waals surface area contributed by atoms with Gasteiger partial charge in [0, 0.05) is 19.5 Å². The first kappa shape index (κ1) is 15.2. The van der Waals surface area contributed by atoms with Crippen LogP contribution >= 0.6 is 0 Å². The Bertz CT molecular complexity index is 360. The van der Waals surface area contributed by atoms with Gasteiger partial charge in [-0.1, -0.05) is 0 Å². The average Bonchev–Trinajstić information content (AvgIpc) is 2.33. The van der Waals surface area contributed by atoms with Gasteiger partial charge >= 0.3 is 12.0 Å². The van der Waals surface area contributed by atoms with E-state index in [1.165, 1.54) is 4.90 Å². The molecule has 8 heteroatoms. The highest BCUT2D eigenvalue weighted by Gasteiger charge is 2.26. The zero-order valence-corrected chi connectivity index (χ0v) is 10.8. The molecule has 1 unspecified atom stereocenters. The van der Waals surface area contributed by atoms with Crippen LogP contribution in [0.4, 0.5) is 4.79 Å². The van der Waals surface area contributed by atoms with Crippen molar-refractivity contribution in [3.8, 4) is 0 Å². The van der Waals surface area contributed by atoms with Crippen molar-refractivity contribution in [2.75, 3.05) is 19.7 Å². The molecule has 1 rings (SSSR count). The second-order valence-corrected chi connectivity index (χ2v) is 4.47. The van der Waals surface area contributed by atoms with Crippen LogP contribution in [0.1, 0.15) is 19.8 Å². The van der Waals surface area contributed by atoms with Gasteiger partial charge in [0.1, 0.15) is 6.04 Å². The van der Waals surface area contributed by atoms with E-state index in [4.69, 9.17) is 15.6 Å². The molecule has 1 aliphatic heterocycles. The maximum absolute atomic E-state index is 11.9. The first-order chi connectivity index (χ1) is 8.90. The summed E-state index contributed by atoms with van der Waals surface area (Å²) in [4.78, 5) is 35.0. The molecule has 0 saturated carbocycles. The molecule has 108 valence electrons. The predicted octanol–water partition coefficient (Wildman–Crippen LogP) is -0.865. The van der Waals surface area contributed by atoms with E-state index in [2.05, 4.69) is 5.32 Å². The Morgan fingerprint density at radius 1 is 1.53 bits per heavy atom. The van der Waals surface area contributed by atoms with Gasteiger partial charge < -0.3 is 25.8 Å². The van der Waals surface area contributed by atoms with Crippen LogP contribution in [0.15, 0.2) is 0 Å². The Kier molecular flexibility index (Phi) is 5.56. The summed E-state index contributed by atoms with van der Waals surface area (Å²) >= 11 is 0. The van der Waals surface area contributed by atoms with Gasteiger partial charge in [0.05, 0.1) is 12.7 Å². The number of carboxylic acids is 1. The number of nitrogens with one attached hydrogen (secondary N) is 1. The summed E-state index contributed by atoms with van der Waals surface area (Å²) in [5.74, 6) is -1.78. The van der Waals surface area contributed by atoms with Gasteiger partial charge in [-0.3, -0.25) is 4.79 Å². The van der Waals surface area contributed by atoms with Crippen molar-refractivity contribution in [2.45, 2.75) is 31.9 Å². The molecule has 1 saturated heterocycles. The monoisotopic (exact) mass is 273 g/mol. The zero-order chi connectivity index (χ0) is 14.4. The molecule has 0 aromatic carbocycles. The van der Waals surface area contributed by atoms with Gasteiger partial charge in [0.2, 0.25) is 5.91 Å². The molecule has 0 radical (unpaired) electrons. The number of carbonyl (C=O) groups is 3. The van der Waals surface area contributed by atoms with Crippen molar-refractivity contribution >= 4 is 17.9 Å². The maximum atomic E-state index is 11.9. The molecular weight excluding hydrogens is 254 g/mol. The van der Waals surface area contributed by atoms with Crippen LogP contribution in [0, 0.1) is 0 Å². The van der Waals surface area contributed by atoms with Gasteiger partial charge in [-0.25, -0.2) is 9.59 Å². The highest BCUT2D eigenvalue weighted by atomic mass is 16.5. The van der Waals surface area contributed by atoms with Gasteiger partial charge in [0.25, 0.3) is 0 Å². The highest BCUT2D eigenvalue weighted by Crippen LogP contribution is 2.06. The highest BCUT2D eigenvalue weighted by molar-refractivity contribution is 5.83. The van der Waals surface area contributed by atoms with Crippen molar-refractivity contribution < 1.29 is 24.2 Å². The van der Waals surface area contributed by atoms with E-state index in [1.54, 1.807) is 0 Å². The summed E-state index contributed by atoms with van der Waals surface area (Å²) in [6, 6.07) is -1.58. The van der Waals surface area contributed by atoms with Gasteiger partial charge in [-0.15, -0.1) is 0 Å². The fraction of sp³-hybridized carbons (Fsp3) is 0.727. The Hall–Kier alpha value is -1.83. The van der Waals surface area contributed by atoms with Crippen LogP contribution in [0.25, 0.3) is 0 Å². The third-order valence-corrected chi connectivity index (χ3v) is 2.80. The quantitative estimate of drug-likeness (QED) is 0.601. The van der Waals surface area contributed by atoms with Crippen molar-refractivity contribution in [2.24, 2.45) is 5.73 Å². The lowest BCUT2D eigenvalue weighted by Crippen LogP contribution is -2.53. The molecule has 2 atom stereocenters. The number of aliphatic carboxylic acids is 1. The summed E-state index contributed by atoms with van der Waals surface area (Å²) in [7, 11) is 0. The third-order valence-electron chi connectivity index (χ3n) is 2.80. The van der Waals surface area contributed by atoms with Crippen LogP contribution in [-0.2, 0) is 14.3 Å². The van der Waals surface area contributed by atoms with E-state index in [-0.39, 0.29) is 18.9 Å². The SMILES string of the molecule is CC1CN(C(=O)N[C@@H](CCC(N)=O)C(=O)O)CCO1. The lowest BCUT2D eigenvalue weighted by Gasteiger charge is -2.32. The van der Waals surface area contributed by atoms with Gasteiger partial charge in [-0.05, 0) is 13.3 Å². The van der Waals surface area contributed by atoms with Crippen molar-refractivity contribution in [1.82, 2.24) is 10.2 Å². The molecule has 0 aromatic rings. The number of rotatable bonds is 5. The molecule has 1 aliphatic rings. The second kappa shape index (κ2) is 6.93. The number of morpholine rings is 1. The number of hydrogen-bond donors (Lipinski definition) is 3. The first-order valence-corrected chi connectivity index (χ1v) is 6.08. The minimum atomic E-state index is -1.18. The Morgan fingerprint density at radius 3 is 2.74 bits per heavy atom. The summed E-state index contributed by atoms with van der Waals surface area (Å²) in [6.45, 7) is 3.08. The number of ether oxygens (including phenoxy) is 1. The molecule has 1 heterocycles. The van der Waals surface area contributed by atoms with Crippen LogP contribution in [0.3, 0.4) is 0 Å². The van der Waals surface area contributed by atoms with Gasteiger partial charge in [0.15, 0.2) is 0 Å². The topological polar surface area (TPSA) is 122 Å². The minimum absolute atomic E-state index is 0.0176. The second-order valence-electron chi connectivity index (χ2n) is 4.47.